The second kappa shape index (κ2) is 8.79. The van der Waals surface area contributed by atoms with Crippen LogP contribution in [0.3, 0.4) is 0 Å². The minimum atomic E-state index is -0.964. The zero-order valence-electron chi connectivity index (χ0n) is 15.4. The lowest BCUT2D eigenvalue weighted by Gasteiger charge is -2.29. The van der Waals surface area contributed by atoms with Crippen molar-refractivity contribution in [3.8, 4) is 0 Å². The lowest BCUT2D eigenvalue weighted by Crippen LogP contribution is -2.55. The maximum absolute atomic E-state index is 12.7. The van der Waals surface area contributed by atoms with Crippen LogP contribution in [-0.2, 0) is 4.74 Å². The van der Waals surface area contributed by atoms with E-state index in [1.165, 1.54) is 12.1 Å². The molecule has 0 radical (unpaired) electrons. The Morgan fingerprint density at radius 1 is 0.963 bits per heavy atom. The van der Waals surface area contributed by atoms with Crippen molar-refractivity contribution in [1.82, 2.24) is 10.4 Å². The number of carbonyl (C=O) groups is 3. The van der Waals surface area contributed by atoms with E-state index >= 15 is 0 Å². The van der Waals surface area contributed by atoms with Gasteiger partial charge in [0.05, 0.1) is 0 Å². The first-order valence-electron chi connectivity index (χ1n) is 8.30. The topological polar surface area (TPSA) is 75.7 Å². The first-order chi connectivity index (χ1) is 12.7. The first-order valence-corrected chi connectivity index (χ1v) is 8.68. The van der Waals surface area contributed by atoms with E-state index in [2.05, 4.69) is 5.43 Å². The molecule has 2 aromatic rings. The van der Waals surface area contributed by atoms with Crippen LogP contribution in [0.2, 0.25) is 5.02 Å². The Kier molecular flexibility index (Phi) is 6.71. The van der Waals surface area contributed by atoms with E-state index in [4.69, 9.17) is 16.3 Å². The number of hydrogen-bond acceptors (Lipinski definition) is 5. The lowest BCUT2D eigenvalue weighted by molar-refractivity contribution is 0.0438. The fourth-order valence-electron chi connectivity index (χ4n) is 2.14. The standard InChI is InChI=1S/C20H21ClN2O4/c1-20(2,3)22-23(18(25)15-9-11-16(21)12-10-15)19(26)27-13-17(24)14-7-5-4-6-8-14/h4-12,22H,13H2,1-3H3. The summed E-state index contributed by atoms with van der Waals surface area (Å²) in [6.07, 6.45) is -0.964. The van der Waals surface area contributed by atoms with E-state index in [-0.39, 0.29) is 11.3 Å². The molecule has 27 heavy (non-hydrogen) atoms. The van der Waals surface area contributed by atoms with Gasteiger partial charge in [-0.25, -0.2) is 10.2 Å². The normalized spacial score (nSPS) is 11.0. The van der Waals surface area contributed by atoms with Gasteiger partial charge in [0.2, 0.25) is 0 Å². The Labute approximate surface area is 163 Å². The number of nitrogens with one attached hydrogen (secondary N) is 1. The number of ketones is 1. The van der Waals surface area contributed by atoms with Crippen LogP contribution in [-0.4, -0.2) is 34.9 Å². The molecule has 1 N–H and O–H groups in total. The molecule has 6 nitrogen and oxygen atoms in total. The Bertz CT molecular complexity index is 814. The van der Waals surface area contributed by atoms with Crippen molar-refractivity contribution >= 4 is 29.4 Å². The average Bonchev–Trinajstić information content (AvgIpc) is 2.64. The molecule has 142 valence electrons. The third kappa shape index (κ3) is 6.20. The third-order valence-electron chi connectivity index (χ3n) is 3.35. The monoisotopic (exact) mass is 388 g/mol. The van der Waals surface area contributed by atoms with Gasteiger partial charge in [-0.15, -0.1) is 0 Å². The lowest BCUT2D eigenvalue weighted by atomic mass is 10.1. The predicted molar refractivity (Wildman–Crippen MR) is 103 cm³/mol. The summed E-state index contributed by atoms with van der Waals surface area (Å²) < 4.78 is 5.06. The molecule has 0 atom stereocenters. The summed E-state index contributed by atoms with van der Waals surface area (Å²) in [7, 11) is 0. The van der Waals surface area contributed by atoms with Gasteiger partial charge in [-0.05, 0) is 45.0 Å². The van der Waals surface area contributed by atoms with E-state index in [1.807, 2.05) is 0 Å². The van der Waals surface area contributed by atoms with Gasteiger partial charge < -0.3 is 4.74 Å². The van der Waals surface area contributed by atoms with E-state index in [0.29, 0.717) is 10.6 Å². The SMILES string of the molecule is CC(C)(C)NN(C(=O)OCC(=O)c1ccccc1)C(=O)c1ccc(Cl)cc1. The summed E-state index contributed by atoms with van der Waals surface area (Å²) in [6, 6.07) is 14.6. The molecule has 2 rings (SSSR count). The van der Waals surface area contributed by atoms with Gasteiger partial charge in [-0.2, -0.15) is 5.01 Å². The van der Waals surface area contributed by atoms with Crippen molar-refractivity contribution < 1.29 is 19.1 Å². The molecule has 0 aliphatic carbocycles. The molecule has 2 amide bonds. The maximum atomic E-state index is 12.7. The minimum absolute atomic E-state index is 0.252. The Balaban J connectivity index is 2.12. The Hall–Kier alpha value is -2.70. The molecule has 7 heteroatoms. The Morgan fingerprint density at radius 2 is 1.56 bits per heavy atom. The van der Waals surface area contributed by atoms with E-state index in [9.17, 15) is 14.4 Å². The van der Waals surface area contributed by atoms with Gasteiger partial charge in [-0.1, -0.05) is 41.9 Å². The number of Topliss-reactive ketones (excluding diaryl/α,β-unsaturated/α-hetero) is 1. The highest BCUT2D eigenvalue weighted by Gasteiger charge is 2.29. The predicted octanol–water partition coefficient (Wildman–Crippen LogP) is 4.10. The fourth-order valence-corrected chi connectivity index (χ4v) is 2.26. The van der Waals surface area contributed by atoms with E-state index in [0.717, 1.165) is 5.01 Å². The number of hydrogen-bond donors (Lipinski definition) is 1. The molecule has 0 bridgehead atoms. The molecule has 0 aliphatic heterocycles. The molecule has 2 aromatic carbocycles. The van der Waals surface area contributed by atoms with Crippen molar-refractivity contribution in [3.63, 3.8) is 0 Å². The molecule has 0 unspecified atom stereocenters. The van der Waals surface area contributed by atoms with Crippen molar-refractivity contribution in [3.05, 3.63) is 70.7 Å². The maximum Gasteiger partial charge on any atom is 0.432 e. The number of carbonyl (C=O) groups excluding carboxylic acids is 3. The first kappa shape index (κ1) is 20.6. The molecular weight excluding hydrogens is 368 g/mol. The number of halogens is 1. The quantitative estimate of drug-likeness (QED) is 0.616. The van der Waals surface area contributed by atoms with Crippen LogP contribution >= 0.6 is 11.6 Å². The summed E-state index contributed by atoms with van der Waals surface area (Å²) in [4.78, 5) is 37.3. The van der Waals surface area contributed by atoms with Crippen LogP contribution in [0.25, 0.3) is 0 Å². The van der Waals surface area contributed by atoms with Crippen LogP contribution in [0.5, 0.6) is 0 Å². The van der Waals surface area contributed by atoms with Gasteiger partial charge in [0.25, 0.3) is 5.91 Å². The number of amides is 2. The zero-order valence-corrected chi connectivity index (χ0v) is 16.1. The van der Waals surface area contributed by atoms with E-state index < -0.39 is 24.1 Å². The third-order valence-corrected chi connectivity index (χ3v) is 3.60. The fraction of sp³-hybridized carbons (Fsp3) is 0.250. The van der Waals surface area contributed by atoms with Gasteiger partial charge in [-0.3, -0.25) is 9.59 Å². The minimum Gasteiger partial charge on any atom is -0.440 e. The molecule has 0 saturated heterocycles. The largest absolute Gasteiger partial charge is 0.440 e. The second-order valence-corrected chi connectivity index (χ2v) is 7.29. The van der Waals surface area contributed by atoms with Gasteiger partial charge in [0.15, 0.2) is 12.4 Å². The molecular formula is C20H21ClN2O4. The Morgan fingerprint density at radius 3 is 2.11 bits per heavy atom. The number of benzene rings is 2. The number of rotatable bonds is 5. The highest BCUT2D eigenvalue weighted by molar-refractivity contribution is 6.30. The van der Waals surface area contributed by atoms with Crippen LogP contribution in [0.1, 0.15) is 41.5 Å². The van der Waals surface area contributed by atoms with Crippen molar-refractivity contribution in [2.75, 3.05) is 6.61 Å². The van der Waals surface area contributed by atoms with Crippen LogP contribution in [0.4, 0.5) is 4.79 Å². The molecule has 0 spiro atoms. The summed E-state index contributed by atoms with van der Waals surface area (Å²) in [5.41, 5.74) is 2.88. The molecule has 0 aliphatic rings. The summed E-state index contributed by atoms with van der Waals surface area (Å²) in [5.74, 6) is -0.975. The van der Waals surface area contributed by atoms with Gasteiger partial charge in [0, 0.05) is 21.7 Å². The number of ether oxygens (including phenoxy) is 1. The van der Waals surface area contributed by atoms with Crippen LogP contribution < -0.4 is 5.43 Å². The van der Waals surface area contributed by atoms with Gasteiger partial charge in [0.1, 0.15) is 0 Å². The van der Waals surface area contributed by atoms with Crippen molar-refractivity contribution in [2.24, 2.45) is 0 Å². The molecule has 0 aromatic heterocycles. The molecule has 0 saturated carbocycles. The van der Waals surface area contributed by atoms with Crippen molar-refractivity contribution in [1.29, 1.82) is 0 Å². The van der Waals surface area contributed by atoms with Crippen LogP contribution in [0, 0.1) is 0 Å². The number of imide groups is 1. The highest BCUT2D eigenvalue weighted by atomic mass is 35.5. The summed E-state index contributed by atoms with van der Waals surface area (Å²) >= 11 is 5.84. The second-order valence-electron chi connectivity index (χ2n) is 6.85. The number of nitrogens with zero attached hydrogens (tertiary/aromatic N) is 1. The summed E-state index contributed by atoms with van der Waals surface area (Å²) in [5, 5.41) is 1.24. The van der Waals surface area contributed by atoms with Gasteiger partial charge >= 0.3 is 6.09 Å². The molecule has 0 heterocycles. The summed E-state index contributed by atoms with van der Waals surface area (Å²) in [6.45, 7) is 4.89. The average molecular weight is 389 g/mol. The number of hydrazine groups is 1. The zero-order chi connectivity index (χ0) is 20.0. The highest BCUT2D eigenvalue weighted by Crippen LogP contribution is 2.13. The van der Waals surface area contributed by atoms with Crippen LogP contribution in [0.15, 0.2) is 54.6 Å². The van der Waals surface area contributed by atoms with Crippen molar-refractivity contribution in [2.45, 2.75) is 26.3 Å². The van der Waals surface area contributed by atoms with E-state index in [1.54, 1.807) is 63.2 Å². The smallest absolute Gasteiger partial charge is 0.432 e. The molecule has 0 fully saturated rings.